The van der Waals surface area contributed by atoms with Crippen molar-refractivity contribution in [2.24, 2.45) is 0 Å². The Kier molecular flexibility index (Phi) is 4.53. The highest BCUT2D eigenvalue weighted by Crippen LogP contribution is 2.20. The number of fused-ring (bicyclic) bond motifs is 1. The lowest BCUT2D eigenvalue weighted by Crippen LogP contribution is -2.14. The van der Waals surface area contributed by atoms with E-state index in [1.807, 2.05) is 73.8 Å². The van der Waals surface area contributed by atoms with Crippen LogP contribution in [0.1, 0.15) is 11.3 Å². The number of nitrogens with one attached hydrogen (secondary N) is 3. The number of benzene rings is 2. The van der Waals surface area contributed by atoms with E-state index in [1.54, 1.807) is 0 Å². The van der Waals surface area contributed by atoms with Gasteiger partial charge in [-0.15, -0.1) is 5.10 Å². The minimum absolute atomic E-state index is 0.0511. The summed E-state index contributed by atoms with van der Waals surface area (Å²) in [5, 5.41) is 15.3. The minimum Gasteiger partial charge on any atom is -0.361 e. The van der Waals surface area contributed by atoms with E-state index in [2.05, 4.69) is 25.8 Å². The summed E-state index contributed by atoms with van der Waals surface area (Å²) < 4.78 is 0. The second kappa shape index (κ2) is 7.29. The van der Waals surface area contributed by atoms with Crippen LogP contribution in [0, 0.1) is 6.92 Å². The van der Waals surface area contributed by atoms with Gasteiger partial charge in [-0.25, -0.2) is 0 Å². The number of amides is 1. The van der Waals surface area contributed by atoms with Crippen molar-refractivity contribution >= 4 is 34.0 Å². The molecule has 27 heavy (non-hydrogen) atoms. The first-order valence-electron chi connectivity index (χ1n) is 8.70. The molecule has 4 rings (SSSR count). The number of carbonyl (C=O) groups excluding carboxylic acids is 1. The Labute approximate surface area is 156 Å². The number of nitrogens with zero attached hydrogens (tertiary/aromatic N) is 2. The van der Waals surface area contributed by atoms with E-state index in [4.69, 9.17) is 0 Å². The number of para-hydroxylation sites is 1. The van der Waals surface area contributed by atoms with Gasteiger partial charge in [0.1, 0.15) is 0 Å². The number of hydrogen-bond donors (Lipinski definition) is 3. The highest BCUT2D eigenvalue weighted by molar-refractivity contribution is 5.95. The fraction of sp³-hybridized carbons (Fsp3) is 0.0952. The second-order valence-electron chi connectivity index (χ2n) is 6.35. The van der Waals surface area contributed by atoms with Crippen molar-refractivity contribution in [2.45, 2.75) is 13.3 Å². The molecule has 0 spiro atoms. The van der Waals surface area contributed by atoms with Gasteiger partial charge < -0.3 is 15.6 Å². The van der Waals surface area contributed by atoms with Crippen molar-refractivity contribution in [3.8, 4) is 0 Å². The molecule has 0 saturated carbocycles. The Morgan fingerprint density at radius 2 is 1.74 bits per heavy atom. The van der Waals surface area contributed by atoms with Crippen LogP contribution in [0.3, 0.4) is 0 Å². The minimum atomic E-state index is -0.0511. The van der Waals surface area contributed by atoms with Crippen LogP contribution in [0.15, 0.2) is 66.9 Å². The molecule has 4 aromatic rings. The molecule has 0 aliphatic carbocycles. The average molecular weight is 357 g/mol. The lowest BCUT2D eigenvalue weighted by Gasteiger charge is -2.08. The molecule has 0 bridgehead atoms. The highest BCUT2D eigenvalue weighted by atomic mass is 16.1. The van der Waals surface area contributed by atoms with E-state index in [-0.39, 0.29) is 5.91 Å². The van der Waals surface area contributed by atoms with Crippen LogP contribution in [0.25, 0.3) is 10.9 Å². The molecule has 0 saturated heterocycles. The van der Waals surface area contributed by atoms with Crippen LogP contribution >= 0.6 is 0 Å². The smallest absolute Gasteiger partial charge is 0.228 e. The van der Waals surface area contributed by atoms with Crippen LogP contribution in [-0.2, 0) is 11.2 Å². The van der Waals surface area contributed by atoms with E-state index in [0.717, 1.165) is 33.5 Å². The number of rotatable bonds is 5. The van der Waals surface area contributed by atoms with E-state index >= 15 is 0 Å². The van der Waals surface area contributed by atoms with E-state index < -0.39 is 0 Å². The standard InChI is InChI=1S/C21H19N5O/c1-14-6-11-20(26-25-14)23-16-7-9-17(10-8-16)24-21(27)12-15-13-22-19-5-3-2-4-18(15)19/h2-11,13,22H,12H2,1H3,(H,23,26)(H,24,27). The van der Waals surface area contributed by atoms with Gasteiger partial charge >= 0.3 is 0 Å². The maximum absolute atomic E-state index is 12.4. The molecular formula is C21H19N5O. The van der Waals surface area contributed by atoms with Crippen LogP contribution in [0.4, 0.5) is 17.2 Å². The predicted molar refractivity (Wildman–Crippen MR) is 107 cm³/mol. The van der Waals surface area contributed by atoms with Crippen molar-refractivity contribution in [1.82, 2.24) is 15.2 Å². The quantitative estimate of drug-likeness (QED) is 0.500. The van der Waals surface area contributed by atoms with E-state index in [9.17, 15) is 4.79 Å². The van der Waals surface area contributed by atoms with Crippen LogP contribution < -0.4 is 10.6 Å². The molecule has 2 aromatic carbocycles. The molecular weight excluding hydrogens is 338 g/mol. The zero-order valence-electron chi connectivity index (χ0n) is 14.9. The van der Waals surface area contributed by atoms with Gasteiger partial charge in [-0.2, -0.15) is 5.10 Å². The van der Waals surface area contributed by atoms with Gasteiger partial charge in [-0.3, -0.25) is 4.79 Å². The molecule has 3 N–H and O–H groups in total. The van der Waals surface area contributed by atoms with Crippen LogP contribution in [0.5, 0.6) is 0 Å². The van der Waals surface area contributed by atoms with Gasteiger partial charge in [0.25, 0.3) is 0 Å². The highest BCUT2D eigenvalue weighted by Gasteiger charge is 2.09. The average Bonchev–Trinajstić information content (AvgIpc) is 3.08. The summed E-state index contributed by atoms with van der Waals surface area (Å²) in [5.74, 6) is 0.626. The van der Waals surface area contributed by atoms with Gasteiger partial charge in [0.15, 0.2) is 5.82 Å². The van der Waals surface area contributed by atoms with Crippen molar-refractivity contribution in [3.63, 3.8) is 0 Å². The van der Waals surface area contributed by atoms with Crippen molar-refractivity contribution in [2.75, 3.05) is 10.6 Å². The van der Waals surface area contributed by atoms with Gasteiger partial charge in [-0.1, -0.05) is 18.2 Å². The monoisotopic (exact) mass is 357 g/mol. The maximum atomic E-state index is 12.4. The number of aryl methyl sites for hydroxylation is 1. The summed E-state index contributed by atoms with van der Waals surface area (Å²) >= 11 is 0. The maximum Gasteiger partial charge on any atom is 0.228 e. The molecule has 6 nitrogen and oxygen atoms in total. The summed E-state index contributed by atoms with van der Waals surface area (Å²) in [4.78, 5) is 15.6. The number of hydrogen-bond acceptors (Lipinski definition) is 4. The normalized spacial score (nSPS) is 10.7. The summed E-state index contributed by atoms with van der Waals surface area (Å²) in [6, 6.07) is 19.2. The zero-order chi connectivity index (χ0) is 18.6. The largest absolute Gasteiger partial charge is 0.361 e. The summed E-state index contributed by atoms with van der Waals surface area (Å²) in [6.45, 7) is 1.89. The first-order valence-corrected chi connectivity index (χ1v) is 8.70. The van der Waals surface area contributed by atoms with Gasteiger partial charge in [-0.05, 0) is 55.0 Å². The molecule has 0 aliphatic rings. The number of anilines is 3. The third kappa shape index (κ3) is 3.95. The van der Waals surface area contributed by atoms with Crippen molar-refractivity contribution in [1.29, 1.82) is 0 Å². The predicted octanol–water partition coefficient (Wildman–Crippen LogP) is 4.19. The molecule has 0 atom stereocenters. The molecule has 2 aromatic heterocycles. The Hall–Kier alpha value is -3.67. The van der Waals surface area contributed by atoms with Crippen LogP contribution in [0.2, 0.25) is 0 Å². The Bertz CT molecular complexity index is 1070. The topological polar surface area (TPSA) is 82.7 Å². The molecule has 0 radical (unpaired) electrons. The molecule has 134 valence electrons. The van der Waals surface area contributed by atoms with E-state index in [1.165, 1.54) is 0 Å². The third-order valence-electron chi connectivity index (χ3n) is 4.26. The first-order chi connectivity index (χ1) is 13.2. The Balaban J connectivity index is 1.39. The number of aromatic nitrogens is 3. The fourth-order valence-electron chi connectivity index (χ4n) is 2.91. The Morgan fingerprint density at radius 1 is 0.963 bits per heavy atom. The van der Waals surface area contributed by atoms with Crippen LogP contribution in [-0.4, -0.2) is 21.1 Å². The Morgan fingerprint density at radius 3 is 2.52 bits per heavy atom. The first kappa shape index (κ1) is 16.8. The molecule has 1 amide bonds. The second-order valence-corrected chi connectivity index (χ2v) is 6.35. The number of H-pyrrole nitrogens is 1. The molecule has 6 heteroatoms. The summed E-state index contributed by atoms with van der Waals surface area (Å²) in [7, 11) is 0. The third-order valence-corrected chi connectivity index (χ3v) is 4.26. The number of aromatic amines is 1. The zero-order valence-corrected chi connectivity index (χ0v) is 14.9. The molecule has 0 fully saturated rings. The lowest BCUT2D eigenvalue weighted by molar-refractivity contribution is -0.115. The molecule has 2 heterocycles. The lowest BCUT2D eigenvalue weighted by atomic mass is 10.1. The fourth-order valence-corrected chi connectivity index (χ4v) is 2.91. The number of carbonyl (C=O) groups is 1. The van der Waals surface area contributed by atoms with Crippen molar-refractivity contribution < 1.29 is 4.79 Å². The van der Waals surface area contributed by atoms with E-state index in [0.29, 0.717) is 12.2 Å². The van der Waals surface area contributed by atoms with Crippen molar-refractivity contribution in [3.05, 3.63) is 78.1 Å². The summed E-state index contributed by atoms with van der Waals surface area (Å²) in [6.07, 6.45) is 2.21. The molecule has 0 aliphatic heterocycles. The SMILES string of the molecule is Cc1ccc(Nc2ccc(NC(=O)Cc3c[nH]c4ccccc34)cc2)nn1. The van der Waals surface area contributed by atoms with Gasteiger partial charge in [0.2, 0.25) is 5.91 Å². The van der Waals surface area contributed by atoms with Gasteiger partial charge in [0, 0.05) is 28.5 Å². The molecule has 0 unspecified atom stereocenters. The van der Waals surface area contributed by atoms with Gasteiger partial charge in [0.05, 0.1) is 12.1 Å². The summed E-state index contributed by atoms with van der Waals surface area (Å²) in [5.41, 5.74) is 4.52.